The molecule has 1 aromatic carbocycles. The molecule has 92 valence electrons. The number of hydrogen-bond acceptors (Lipinski definition) is 4. The highest BCUT2D eigenvalue weighted by Gasteiger charge is 2.23. The first-order valence-electron chi connectivity index (χ1n) is 5.07. The molecule has 6 heteroatoms. The summed E-state index contributed by atoms with van der Waals surface area (Å²) in [7, 11) is 0. The number of nitro groups is 1. The summed E-state index contributed by atoms with van der Waals surface area (Å²) in [5.41, 5.74) is 0.681. The number of benzene rings is 1. The van der Waals surface area contributed by atoms with Crippen LogP contribution in [0.15, 0.2) is 42.5 Å². The van der Waals surface area contributed by atoms with E-state index in [1.807, 2.05) is 6.07 Å². The Labute approximate surface area is 112 Å². The van der Waals surface area contributed by atoms with Crippen LogP contribution in [-0.2, 0) is 0 Å². The highest BCUT2D eigenvalue weighted by atomic mass is 35.5. The largest absolute Gasteiger partial charge is 0.324 e. The molecule has 0 aliphatic rings. The number of hydrogen-bond donors (Lipinski definition) is 0. The number of carbonyl (C=O) groups excluding carboxylic acids is 1. The lowest BCUT2D eigenvalue weighted by Gasteiger charge is -2.06. The average Bonchev–Trinajstić information content (AvgIpc) is 2.88. The van der Waals surface area contributed by atoms with Gasteiger partial charge < -0.3 is 0 Å². The van der Waals surface area contributed by atoms with Gasteiger partial charge in [-0.1, -0.05) is 41.7 Å². The fourth-order valence-corrected chi connectivity index (χ4v) is 2.57. The van der Waals surface area contributed by atoms with Crippen LogP contribution in [0.1, 0.15) is 20.6 Å². The van der Waals surface area contributed by atoms with Crippen molar-refractivity contribution in [2.75, 3.05) is 0 Å². The Morgan fingerprint density at radius 2 is 1.89 bits per heavy atom. The number of nitrogens with zero attached hydrogens (tertiary/aromatic N) is 1. The van der Waals surface area contributed by atoms with E-state index >= 15 is 0 Å². The van der Waals surface area contributed by atoms with Gasteiger partial charge in [0.1, 0.15) is 5.38 Å². The number of Topliss-reactive ketones (excluding diaryl/α,β-unsaturated/α-hetero) is 1. The Balaban J connectivity index is 2.23. The number of ketones is 1. The first-order chi connectivity index (χ1) is 8.59. The maximum atomic E-state index is 12.0. The predicted molar refractivity (Wildman–Crippen MR) is 70.3 cm³/mol. The van der Waals surface area contributed by atoms with Crippen LogP contribution in [0.2, 0.25) is 0 Å². The van der Waals surface area contributed by atoms with Gasteiger partial charge in [-0.05, 0) is 11.6 Å². The molecule has 1 unspecified atom stereocenters. The van der Waals surface area contributed by atoms with Gasteiger partial charge >= 0.3 is 5.00 Å². The van der Waals surface area contributed by atoms with Gasteiger partial charge in [0.2, 0.25) is 0 Å². The normalized spacial score (nSPS) is 12.1. The summed E-state index contributed by atoms with van der Waals surface area (Å²) in [6, 6.07) is 11.6. The molecule has 0 aliphatic heterocycles. The number of rotatable bonds is 4. The minimum absolute atomic E-state index is 0.0599. The van der Waals surface area contributed by atoms with Gasteiger partial charge in [0.25, 0.3) is 0 Å². The van der Waals surface area contributed by atoms with Crippen LogP contribution in [0.5, 0.6) is 0 Å². The topological polar surface area (TPSA) is 60.2 Å². The van der Waals surface area contributed by atoms with Crippen molar-refractivity contribution < 1.29 is 9.72 Å². The summed E-state index contributed by atoms with van der Waals surface area (Å²) in [4.78, 5) is 22.4. The minimum atomic E-state index is -0.815. The zero-order valence-corrected chi connectivity index (χ0v) is 10.6. The van der Waals surface area contributed by atoms with Crippen LogP contribution in [-0.4, -0.2) is 10.7 Å². The van der Waals surface area contributed by atoms with Crippen molar-refractivity contribution >= 4 is 33.7 Å². The maximum absolute atomic E-state index is 12.0. The van der Waals surface area contributed by atoms with Crippen molar-refractivity contribution in [1.82, 2.24) is 0 Å². The zero-order chi connectivity index (χ0) is 13.1. The molecule has 0 bridgehead atoms. The van der Waals surface area contributed by atoms with Gasteiger partial charge in [-0.15, -0.1) is 11.6 Å². The molecule has 0 spiro atoms. The molecule has 0 saturated carbocycles. The molecule has 4 nitrogen and oxygen atoms in total. The van der Waals surface area contributed by atoms with Crippen LogP contribution < -0.4 is 0 Å². The van der Waals surface area contributed by atoms with E-state index in [9.17, 15) is 14.9 Å². The van der Waals surface area contributed by atoms with Crippen molar-refractivity contribution in [2.24, 2.45) is 0 Å². The van der Waals surface area contributed by atoms with Crippen molar-refractivity contribution in [2.45, 2.75) is 5.38 Å². The molecule has 1 aromatic heterocycles. The Hall–Kier alpha value is -1.72. The standard InChI is InChI=1S/C12H8ClNO3S/c13-11(8-4-2-1-3-5-8)12(15)9-6-7-10(18-9)14(16)17/h1-7,11H. The quantitative estimate of drug-likeness (QED) is 0.370. The highest BCUT2D eigenvalue weighted by Crippen LogP contribution is 2.31. The minimum Gasteiger partial charge on any atom is -0.291 e. The molecular formula is C12H8ClNO3S. The third kappa shape index (κ3) is 2.57. The highest BCUT2D eigenvalue weighted by molar-refractivity contribution is 7.17. The van der Waals surface area contributed by atoms with Gasteiger partial charge in [-0.2, -0.15) is 0 Å². The fraction of sp³-hybridized carbons (Fsp3) is 0.0833. The summed E-state index contributed by atoms with van der Waals surface area (Å²) in [5, 5.41) is 9.67. The lowest BCUT2D eigenvalue weighted by molar-refractivity contribution is -0.380. The molecule has 18 heavy (non-hydrogen) atoms. The van der Waals surface area contributed by atoms with Gasteiger partial charge in [-0.3, -0.25) is 14.9 Å². The fourth-order valence-electron chi connectivity index (χ4n) is 1.46. The Morgan fingerprint density at radius 1 is 1.22 bits per heavy atom. The van der Waals surface area contributed by atoms with E-state index in [1.54, 1.807) is 24.3 Å². The molecule has 1 atom stereocenters. The van der Waals surface area contributed by atoms with Gasteiger partial charge in [0.05, 0.1) is 9.80 Å². The summed E-state index contributed by atoms with van der Waals surface area (Å²) in [6.45, 7) is 0. The van der Waals surface area contributed by atoms with E-state index < -0.39 is 10.3 Å². The summed E-state index contributed by atoms with van der Waals surface area (Å²) in [5.74, 6) is -0.319. The third-order valence-electron chi connectivity index (χ3n) is 2.34. The molecule has 1 heterocycles. The van der Waals surface area contributed by atoms with E-state index in [2.05, 4.69) is 0 Å². The molecular weight excluding hydrogens is 274 g/mol. The lowest BCUT2D eigenvalue weighted by atomic mass is 10.1. The van der Waals surface area contributed by atoms with E-state index in [4.69, 9.17) is 11.6 Å². The molecule has 0 N–H and O–H groups in total. The number of thiophene rings is 1. The predicted octanol–water partition coefficient (Wildman–Crippen LogP) is 3.82. The Morgan fingerprint density at radius 3 is 2.44 bits per heavy atom. The first-order valence-corrected chi connectivity index (χ1v) is 6.32. The van der Waals surface area contributed by atoms with Crippen LogP contribution in [0.3, 0.4) is 0 Å². The van der Waals surface area contributed by atoms with Crippen molar-refractivity contribution in [3.63, 3.8) is 0 Å². The first kappa shape index (κ1) is 12.7. The van der Waals surface area contributed by atoms with E-state index in [1.165, 1.54) is 12.1 Å². The second kappa shape index (κ2) is 5.29. The third-order valence-corrected chi connectivity index (χ3v) is 3.84. The molecule has 0 fully saturated rings. The Kier molecular flexibility index (Phi) is 3.74. The van der Waals surface area contributed by atoms with E-state index in [0.29, 0.717) is 10.4 Å². The molecule has 0 aliphatic carbocycles. The molecule has 0 amide bonds. The number of carbonyl (C=O) groups is 1. The maximum Gasteiger partial charge on any atom is 0.324 e. The van der Waals surface area contributed by atoms with Crippen LogP contribution in [0, 0.1) is 10.1 Å². The van der Waals surface area contributed by atoms with Crippen molar-refractivity contribution in [3.8, 4) is 0 Å². The monoisotopic (exact) mass is 281 g/mol. The summed E-state index contributed by atoms with van der Waals surface area (Å²) in [6.07, 6.45) is 0. The van der Waals surface area contributed by atoms with Crippen LogP contribution in [0.25, 0.3) is 0 Å². The summed E-state index contributed by atoms with van der Waals surface area (Å²) >= 11 is 6.91. The van der Waals surface area contributed by atoms with Crippen molar-refractivity contribution in [1.29, 1.82) is 0 Å². The number of halogens is 1. The average molecular weight is 282 g/mol. The molecule has 2 rings (SSSR count). The molecule has 0 radical (unpaired) electrons. The SMILES string of the molecule is O=C(c1ccc([N+](=O)[O-])s1)C(Cl)c1ccccc1. The van der Waals surface area contributed by atoms with Gasteiger partial charge in [-0.25, -0.2) is 0 Å². The molecule has 2 aromatic rings. The number of alkyl halides is 1. The Bertz CT molecular complexity index is 582. The second-order valence-corrected chi connectivity index (χ2v) is 5.03. The van der Waals surface area contributed by atoms with E-state index in [-0.39, 0.29) is 10.8 Å². The molecule has 0 saturated heterocycles. The van der Waals surface area contributed by atoms with Crippen LogP contribution >= 0.6 is 22.9 Å². The summed E-state index contributed by atoms with van der Waals surface area (Å²) < 4.78 is 0. The van der Waals surface area contributed by atoms with Gasteiger partial charge in [0.15, 0.2) is 5.78 Å². The second-order valence-electron chi connectivity index (χ2n) is 3.53. The lowest BCUT2D eigenvalue weighted by Crippen LogP contribution is -2.05. The van der Waals surface area contributed by atoms with Crippen LogP contribution in [0.4, 0.5) is 5.00 Å². The van der Waals surface area contributed by atoms with Crippen molar-refractivity contribution in [3.05, 3.63) is 63.0 Å². The van der Waals surface area contributed by atoms with Gasteiger partial charge in [0, 0.05) is 6.07 Å². The smallest absolute Gasteiger partial charge is 0.291 e. The zero-order valence-electron chi connectivity index (χ0n) is 9.08. The van der Waals surface area contributed by atoms with E-state index in [0.717, 1.165) is 11.3 Å².